The number of hydrogen-bond acceptors (Lipinski definition) is 1. The second-order valence-corrected chi connectivity index (χ2v) is 5.19. The first-order chi connectivity index (χ1) is 10.2. The fraction of sp³-hybridized carbons (Fsp3) is 0.176. The number of fused-ring (bicyclic) bond motifs is 1. The van der Waals surface area contributed by atoms with E-state index in [1.54, 1.807) is 6.07 Å². The molecule has 2 nitrogen and oxygen atoms in total. The van der Waals surface area contributed by atoms with Crippen molar-refractivity contribution < 1.29 is 9.13 Å². The van der Waals surface area contributed by atoms with Crippen LogP contribution in [-0.4, -0.2) is 11.2 Å². The monoisotopic (exact) mass is 303 g/mol. The van der Waals surface area contributed by atoms with Crippen molar-refractivity contribution in [1.82, 2.24) is 4.57 Å². The molecule has 0 saturated carbocycles. The van der Waals surface area contributed by atoms with Gasteiger partial charge in [-0.15, -0.1) is 0 Å². The van der Waals surface area contributed by atoms with Gasteiger partial charge in [0, 0.05) is 23.6 Å². The van der Waals surface area contributed by atoms with Gasteiger partial charge >= 0.3 is 0 Å². The van der Waals surface area contributed by atoms with Gasteiger partial charge in [0.1, 0.15) is 11.6 Å². The predicted molar refractivity (Wildman–Crippen MR) is 83.6 cm³/mol. The molecule has 0 aliphatic carbocycles. The molecule has 1 aromatic heterocycles. The lowest BCUT2D eigenvalue weighted by Gasteiger charge is -2.09. The molecule has 0 fully saturated rings. The summed E-state index contributed by atoms with van der Waals surface area (Å²) in [4.78, 5) is 0. The van der Waals surface area contributed by atoms with Crippen LogP contribution in [0.1, 0.15) is 12.5 Å². The Hall–Kier alpha value is -2.00. The lowest BCUT2D eigenvalue weighted by molar-refractivity contribution is 0.340. The standard InChI is InChI=1S/C17H15ClFNO/c1-2-21-14-6-7-16-12(10-14)8-9-20(16)11-13-4-3-5-15(19)17(13)18/h3-10H,2,11H2,1H3. The first-order valence-corrected chi connectivity index (χ1v) is 7.21. The van der Waals surface area contributed by atoms with Crippen LogP contribution in [0.2, 0.25) is 5.02 Å². The van der Waals surface area contributed by atoms with Crippen LogP contribution >= 0.6 is 11.6 Å². The fourth-order valence-corrected chi connectivity index (χ4v) is 2.61. The maximum atomic E-state index is 13.5. The van der Waals surface area contributed by atoms with Gasteiger partial charge in [-0.1, -0.05) is 23.7 Å². The molecule has 0 aliphatic heterocycles. The summed E-state index contributed by atoms with van der Waals surface area (Å²) in [6.07, 6.45) is 1.97. The normalized spacial score (nSPS) is 11.0. The van der Waals surface area contributed by atoms with Crippen LogP contribution in [0.5, 0.6) is 5.75 Å². The van der Waals surface area contributed by atoms with E-state index >= 15 is 0 Å². The Morgan fingerprint density at radius 1 is 1.19 bits per heavy atom. The Morgan fingerprint density at radius 2 is 2.05 bits per heavy atom. The molecule has 3 aromatic rings. The van der Waals surface area contributed by atoms with Crippen molar-refractivity contribution in [3.8, 4) is 5.75 Å². The summed E-state index contributed by atoms with van der Waals surface area (Å²) in [5.74, 6) is 0.468. The second-order valence-electron chi connectivity index (χ2n) is 4.81. The number of halogens is 2. The summed E-state index contributed by atoms with van der Waals surface area (Å²) in [5.41, 5.74) is 1.84. The number of hydrogen-bond donors (Lipinski definition) is 0. The van der Waals surface area contributed by atoms with Crippen molar-refractivity contribution in [2.24, 2.45) is 0 Å². The molecule has 21 heavy (non-hydrogen) atoms. The molecule has 0 bridgehead atoms. The number of rotatable bonds is 4. The molecular formula is C17H15ClFNO. The number of nitrogens with zero attached hydrogens (tertiary/aromatic N) is 1. The fourth-order valence-electron chi connectivity index (χ4n) is 2.43. The van der Waals surface area contributed by atoms with Crippen molar-refractivity contribution in [3.63, 3.8) is 0 Å². The molecule has 2 aromatic carbocycles. The number of ether oxygens (including phenoxy) is 1. The number of aromatic nitrogens is 1. The minimum Gasteiger partial charge on any atom is -0.494 e. The van der Waals surface area contributed by atoms with E-state index < -0.39 is 0 Å². The molecule has 0 N–H and O–H groups in total. The highest BCUT2D eigenvalue weighted by Gasteiger charge is 2.08. The average molecular weight is 304 g/mol. The SMILES string of the molecule is CCOc1ccc2c(ccn2Cc2cccc(F)c2Cl)c1. The third-order valence-electron chi connectivity index (χ3n) is 3.43. The van der Waals surface area contributed by atoms with E-state index in [9.17, 15) is 4.39 Å². The van der Waals surface area contributed by atoms with Crippen molar-refractivity contribution in [1.29, 1.82) is 0 Å². The van der Waals surface area contributed by atoms with Gasteiger partial charge in [0.05, 0.1) is 11.6 Å². The topological polar surface area (TPSA) is 14.2 Å². The molecule has 1 heterocycles. The third-order valence-corrected chi connectivity index (χ3v) is 3.85. The minimum absolute atomic E-state index is 0.185. The van der Waals surface area contributed by atoms with Crippen LogP contribution in [0.4, 0.5) is 4.39 Å². The van der Waals surface area contributed by atoms with Gasteiger partial charge in [-0.3, -0.25) is 0 Å². The molecule has 0 spiro atoms. The van der Waals surface area contributed by atoms with E-state index in [-0.39, 0.29) is 10.8 Å². The molecular weight excluding hydrogens is 289 g/mol. The Balaban J connectivity index is 1.96. The first kappa shape index (κ1) is 14.0. The summed E-state index contributed by atoms with van der Waals surface area (Å²) < 4.78 is 21.0. The number of benzene rings is 2. The van der Waals surface area contributed by atoms with E-state index in [1.165, 1.54) is 6.07 Å². The highest BCUT2D eigenvalue weighted by Crippen LogP contribution is 2.25. The second kappa shape index (κ2) is 5.78. The Kier molecular flexibility index (Phi) is 3.84. The Bertz CT molecular complexity index is 782. The van der Waals surface area contributed by atoms with Gasteiger partial charge in [0.25, 0.3) is 0 Å². The molecule has 0 amide bonds. The van der Waals surface area contributed by atoms with Gasteiger partial charge in [0.2, 0.25) is 0 Å². The van der Waals surface area contributed by atoms with Crippen LogP contribution in [0.3, 0.4) is 0 Å². The lowest BCUT2D eigenvalue weighted by Crippen LogP contribution is -1.99. The van der Waals surface area contributed by atoms with Crippen LogP contribution in [0.15, 0.2) is 48.7 Å². The summed E-state index contributed by atoms with van der Waals surface area (Å²) >= 11 is 6.02. The van der Waals surface area contributed by atoms with Crippen LogP contribution in [0.25, 0.3) is 10.9 Å². The molecule has 4 heteroatoms. The van der Waals surface area contributed by atoms with E-state index in [2.05, 4.69) is 0 Å². The highest BCUT2D eigenvalue weighted by molar-refractivity contribution is 6.31. The maximum Gasteiger partial charge on any atom is 0.142 e. The smallest absolute Gasteiger partial charge is 0.142 e. The zero-order chi connectivity index (χ0) is 14.8. The molecule has 108 valence electrons. The van der Waals surface area contributed by atoms with E-state index in [4.69, 9.17) is 16.3 Å². The minimum atomic E-state index is -0.385. The van der Waals surface area contributed by atoms with Crippen molar-refractivity contribution in [2.45, 2.75) is 13.5 Å². The zero-order valence-electron chi connectivity index (χ0n) is 11.6. The summed E-state index contributed by atoms with van der Waals surface area (Å²) in [6.45, 7) is 3.14. The summed E-state index contributed by atoms with van der Waals surface area (Å²) in [7, 11) is 0. The quantitative estimate of drug-likeness (QED) is 0.670. The molecule has 0 saturated heterocycles. The molecule has 0 unspecified atom stereocenters. The molecule has 0 radical (unpaired) electrons. The van der Waals surface area contributed by atoms with Gasteiger partial charge in [0.15, 0.2) is 0 Å². The molecule has 0 atom stereocenters. The van der Waals surface area contributed by atoms with Crippen LogP contribution in [-0.2, 0) is 6.54 Å². The van der Waals surface area contributed by atoms with E-state index in [0.29, 0.717) is 13.2 Å². The van der Waals surface area contributed by atoms with Crippen LogP contribution < -0.4 is 4.74 Å². The Labute approximate surface area is 127 Å². The van der Waals surface area contributed by atoms with Gasteiger partial charge in [-0.05, 0) is 42.8 Å². The third kappa shape index (κ3) is 2.74. The Morgan fingerprint density at radius 3 is 2.86 bits per heavy atom. The zero-order valence-corrected chi connectivity index (χ0v) is 12.4. The first-order valence-electron chi connectivity index (χ1n) is 6.83. The lowest BCUT2D eigenvalue weighted by atomic mass is 10.2. The van der Waals surface area contributed by atoms with E-state index in [0.717, 1.165) is 22.2 Å². The maximum absolute atomic E-state index is 13.5. The van der Waals surface area contributed by atoms with Crippen molar-refractivity contribution in [3.05, 3.63) is 65.1 Å². The summed E-state index contributed by atoms with van der Waals surface area (Å²) in [6, 6.07) is 12.9. The molecule has 3 rings (SSSR count). The molecule has 0 aliphatic rings. The largest absolute Gasteiger partial charge is 0.494 e. The van der Waals surface area contributed by atoms with Crippen LogP contribution in [0, 0.1) is 5.82 Å². The van der Waals surface area contributed by atoms with E-state index in [1.807, 2.05) is 48.0 Å². The predicted octanol–water partition coefficient (Wildman–Crippen LogP) is 4.88. The van der Waals surface area contributed by atoms with Crippen molar-refractivity contribution in [2.75, 3.05) is 6.61 Å². The van der Waals surface area contributed by atoms with Gasteiger partial charge in [-0.25, -0.2) is 4.39 Å². The van der Waals surface area contributed by atoms with Crippen molar-refractivity contribution >= 4 is 22.5 Å². The summed E-state index contributed by atoms with van der Waals surface area (Å²) in [5, 5.41) is 1.28. The average Bonchev–Trinajstić information content (AvgIpc) is 2.87. The van der Waals surface area contributed by atoms with Gasteiger partial charge < -0.3 is 9.30 Å². The highest BCUT2D eigenvalue weighted by atomic mass is 35.5. The van der Waals surface area contributed by atoms with Gasteiger partial charge in [-0.2, -0.15) is 0 Å².